The van der Waals surface area contributed by atoms with Crippen molar-refractivity contribution >= 4 is 16.9 Å². The van der Waals surface area contributed by atoms with Crippen LogP contribution in [0.2, 0.25) is 0 Å². The van der Waals surface area contributed by atoms with Crippen LogP contribution in [0, 0.1) is 0 Å². The van der Waals surface area contributed by atoms with Crippen LogP contribution in [0.15, 0.2) is 33.5 Å². The number of phenols is 1. The largest absolute Gasteiger partial charge is 0.507 e. The third-order valence-electron chi connectivity index (χ3n) is 3.96. The molecular weight excluding hydrogens is 286 g/mol. The van der Waals surface area contributed by atoms with Gasteiger partial charge < -0.3 is 18.7 Å². The number of hydrogen-bond acceptors (Lipinski definition) is 5. The van der Waals surface area contributed by atoms with Crippen molar-refractivity contribution in [3.8, 4) is 5.75 Å². The second kappa shape index (κ2) is 5.14. The minimum Gasteiger partial charge on any atom is -0.507 e. The number of nitrogens with zero attached hydrogens (tertiary/aromatic N) is 1. The van der Waals surface area contributed by atoms with Crippen molar-refractivity contribution in [2.75, 3.05) is 27.2 Å². The fourth-order valence-electron chi connectivity index (χ4n) is 2.82. The Labute approximate surface area is 127 Å². The number of fused-ring (bicyclic) bond motifs is 1. The highest BCUT2D eigenvalue weighted by Crippen LogP contribution is 2.23. The van der Waals surface area contributed by atoms with Crippen LogP contribution in [-0.2, 0) is 4.74 Å². The van der Waals surface area contributed by atoms with Gasteiger partial charge in [0, 0.05) is 12.5 Å². The van der Waals surface area contributed by atoms with Gasteiger partial charge in [-0.15, -0.1) is 0 Å². The number of rotatable bonds is 2. The molecule has 2 aromatic rings. The number of benzene rings is 1. The number of aromatic hydroxyl groups is 1. The lowest BCUT2D eigenvalue weighted by atomic mass is 10.2. The molecule has 2 heterocycles. The summed E-state index contributed by atoms with van der Waals surface area (Å²) in [5, 5.41) is 9.76. The van der Waals surface area contributed by atoms with Gasteiger partial charge in [0.15, 0.2) is 11.5 Å². The highest BCUT2D eigenvalue weighted by molar-refractivity contribution is 5.90. The Kier molecular flexibility index (Phi) is 3.41. The lowest BCUT2D eigenvalue weighted by molar-refractivity contribution is -0.879. The summed E-state index contributed by atoms with van der Waals surface area (Å²) in [5.41, 5.74) is -0.296. The number of esters is 1. The van der Waals surface area contributed by atoms with Crippen molar-refractivity contribution in [1.82, 2.24) is 0 Å². The lowest BCUT2D eigenvalue weighted by Gasteiger charge is -2.22. The van der Waals surface area contributed by atoms with E-state index in [1.165, 1.54) is 12.1 Å². The summed E-state index contributed by atoms with van der Waals surface area (Å²) < 4.78 is 11.6. The average Bonchev–Trinajstić information content (AvgIpc) is 2.77. The lowest BCUT2D eigenvalue weighted by Crippen LogP contribution is -2.38. The average molecular weight is 304 g/mol. The van der Waals surface area contributed by atoms with E-state index in [-0.39, 0.29) is 28.6 Å². The fraction of sp³-hybridized carbons (Fsp3) is 0.375. The molecule has 6 heteroatoms. The molecule has 0 saturated carbocycles. The Morgan fingerprint density at radius 1 is 1.41 bits per heavy atom. The monoisotopic (exact) mass is 304 g/mol. The zero-order valence-electron chi connectivity index (χ0n) is 12.5. The van der Waals surface area contributed by atoms with Gasteiger partial charge >= 0.3 is 5.97 Å². The molecule has 0 spiro atoms. The second-order valence-corrected chi connectivity index (χ2v) is 6.28. The van der Waals surface area contributed by atoms with E-state index in [2.05, 4.69) is 14.1 Å². The van der Waals surface area contributed by atoms with Crippen molar-refractivity contribution < 1.29 is 23.5 Å². The molecule has 1 atom stereocenters. The molecule has 1 N–H and O–H groups in total. The molecule has 1 unspecified atom stereocenters. The normalized spacial score (nSPS) is 20.2. The number of ether oxygens (including phenoxy) is 1. The van der Waals surface area contributed by atoms with Gasteiger partial charge in [-0.3, -0.25) is 4.79 Å². The molecule has 1 aromatic heterocycles. The van der Waals surface area contributed by atoms with Crippen LogP contribution < -0.4 is 5.43 Å². The Morgan fingerprint density at radius 2 is 2.18 bits per heavy atom. The highest BCUT2D eigenvalue weighted by Gasteiger charge is 2.34. The van der Waals surface area contributed by atoms with Gasteiger partial charge in [-0.1, -0.05) is 6.07 Å². The molecule has 1 aliphatic heterocycles. The highest BCUT2D eigenvalue weighted by atomic mass is 16.6. The summed E-state index contributed by atoms with van der Waals surface area (Å²) in [6.45, 7) is 1.68. The van der Waals surface area contributed by atoms with Gasteiger partial charge in [0.05, 0.1) is 20.6 Å². The Morgan fingerprint density at radius 3 is 2.86 bits per heavy atom. The van der Waals surface area contributed by atoms with Gasteiger partial charge in [0.25, 0.3) is 0 Å². The first-order valence-electron chi connectivity index (χ1n) is 7.14. The first-order chi connectivity index (χ1) is 10.4. The first kappa shape index (κ1) is 14.6. The van der Waals surface area contributed by atoms with Crippen LogP contribution in [0.3, 0.4) is 0 Å². The van der Waals surface area contributed by atoms with Crippen molar-refractivity contribution in [2.45, 2.75) is 12.5 Å². The zero-order valence-corrected chi connectivity index (χ0v) is 12.5. The molecular formula is C16H18NO5+. The van der Waals surface area contributed by atoms with E-state index in [4.69, 9.17) is 9.15 Å². The minimum absolute atomic E-state index is 0.0673. The molecule has 6 nitrogen and oxygen atoms in total. The van der Waals surface area contributed by atoms with Crippen molar-refractivity contribution in [1.29, 1.82) is 0 Å². The fourth-order valence-corrected chi connectivity index (χ4v) is 2.82. The molecule has 0 radical (unpaired) electrons. The zero-order chi connectivity index (χ0) is 15.9. The van der Waals surface area contributed by atoms with Crippen molar-refractivity contribution in [2.24, 2.45) is 0 Å². The summed E-state index contributed by atoms with van der Waals surface area (Å²) in [6, 6.07) is 5.55. The van der Waals surface area contributed by atoms with Gasteiger partial charge in [-0.05, 0) is 12.1 Å². The summed E-state index contributed by atoms with van der Waals surface area (Å²) in [5.74, 6) is -0.949. The number of quaternary nitrogens is 1. The summed E-state index contributed by atoms with van der Waals surface area (Å²) in [6.07, 6.45) is 0.616. The number of carbonyl (C=O) groups is 1. The molecule has 1 fully saturated rings. The predicted octanol–water partition coefficient (Wildman–Crippen LogP) is 1.50. The van der Waals surface area contributed by atoms with Crippen LogP contribution in [-0.4, -0.2) is 48.8 Å². The van der Waals surface area contributed by atoms with Crippen LogP contribution in [0.25, 0.3) is 11.0 Å². The van der Waals surface area contributed by atoms with Crippen LogP contribution in [0.5, 0.6) is 5.75 Å². The number of likely N-dealkylation sites (tertiary alicyclic amines) is 1. The number of likely N-dealkylation sites (N-methyl/N-ethyl adjacent to an activating group) is 1. The number of phenolic OH excluding ortho intramolecular Hbond substituents is 1. The van der Waals surface area contributed by atoms with Crippen molar-refractivity contribution in [3.63, 3.8) is 0 Å². The molecule has 116 valence electrons. The van der Waals surface area contributed by atoms with E-state index in [1.807, 2.05) is 0 Å². The van der Waals surface area contributed by atoms with E-state index in [0.717, 1.165) is 30.1 Å². The van der Waals surface area contributed by atoms with E-state index in [0.29, 0.717) is 0 Å². The molecule has 1 aliphatic rings. The SMILES string of the molecule is C[N+]1(C)CCC(OC(=O)c2cc(=O)c3c(O)cccc3o2)C1. The Balaban J connectivity index is 1.88. The third-order valence-corrected chi connectivity index (χ3v) is 3.96. The summed E-state index contributed by atoms with van der Waals surface area (Å²) in [4.78, 5) is 24.2. The summed E-state index contributed by atoms with van der Waals surface area (Å²) >= 11 is 0. The molecule has 0 aliphatic carbocycles. The summed E-state index contributed by atoms with van der Waals surface area (Å²) in [7, 11) is 4.15. The molecule has 0 bridgehead atoms. The first-order valence-corrected chi connectivity index (χ1v) is 7.14. The Hall–Kier alpha value is -2.34. The van der Waals surface area contributed by atoms with E-state index in [1.54, 1.807) is 6.07 Å². The maximum absolute atomic E-state index is 12.2. The second-order valence-electron chi connectivity index (χ2n) is 6.28. The molecule has 3 rings (SSSR count). The molecule has 22 heavy (non-hydrogen) atoms. The van der Waals surface area contributed by atoms with Gasteiger partial charge in [-0.25, -0.2) is 4.79 Å². The minimum atomic E-state index is -0.644. The van der Waals surface area contributed by atoms with E-state index >= 15 is 0 Å². The van der Waals surface area contributed by atoms with Crippen LogP contribution in [0.4, 0.5) is 0 Å². The molecule has 0 amide bonds. The van der Waals surface area contributed by atoms with Crippen molar-refractivity contribution in [3.05, 3.63) is 40.2 Å². The van der Waals surface area contributed by atoms with E-state index < -0.39 is 11.4 Å². The van der Waals surface area contributed by atoms with Gasteiger partial charge in [0.2, 0.25) is 5.76 Å². The van der Waals surface area contributed by atoms with Gasteiger partial charge in [0.1, 0.15) is 23.3 Å². The standard InChI is InChI=1S/C16H17NO5/c1-17(2)7-6-10(9-17)21-16(20)14-8-12(19)15-11(18)4-3-5-13(15)22-14/h3-5,8,10H,6-7,9H2,1-2H3/p+1. The Bertz CT molecular complexity index is 793. The van der Waals surface area contributed by atoms with Gasteiger partial charge in [-0.2, -0.15) is 0 Å². The number of carbonyl (C=O) groups excluding carboxylic acids is 1. The number of hydrogen-bond donors (Lipinski definition) is 1. The molecule has 1 saturated heterocycles. The molecule has 1 aromatic carbocycles. The maximum atomic E-state index is 12.2. The van der Waals surface area contributed by atoms with E-state index in [9.17, 15) is 14.7 Å². The van der Waals surface area contributed by atoms with Crippen LogP contribution >= 0.6 is 0 Å². The maximum Gasteiger partial charge on any atom is 0.374 e. The quantitative estimate of drug-likeness (QED) is 0.672. The topological polar surface area (TPSA) is 76.7 Å². The predicted molar refractivity (Wildman–Crippen MR) is 79.8 cm³/mol. The third kappa shape index (κ3) is 2.69. The van der Waals surface area contributed by atoms with Crippen LogP contribution in [0.1, 0.15) is 17.0 Å². The smallest absolute Gasteiger partial charge is 0.374 e.